The molecule has 0 aliphatic carbocycles. The summed E-state index contributed by atoms with van der Waals surface area (Å²) in [6, 6.07) is 5.73. The van der Waals surface area contributed by atoms with Gasteiger partial charge in [0.15, 0.2) is 11.5 Å². The minimum absolute atomic E-state index is 0.724. The van der Waals surface area contributed by atoms with Crippen molar-refractivity contribution < 1.29 is 0 Å². The number of nitrogens with two attached hydrogens (primary N) is 1. The maximum absolute atomic E-state index is 5.90. The van der Waals surface area contributed by atoms with Crippen LogP contribution in [-0.4, -0.2) is 19.6 Å². The highest BCUT2D eigenvalue weighted by Gasteiger charge is 2.09. The quantitative estimate of drug-likeness (QED) is 0.684. The number of nitrogens with zero attached hydrogens (tertiary/aromatic N) is 4. The molecule has 0 aliphatic rings. The molecule has 3 aromatic rings. The van der Waals surface area contributed by atoms with Crippen molar-refractivity contribution in [3.8, 4) is 11.4 Å². The second kappa shape index (κ2) is 3.55. The third-order valence-electron chi connectivity index (χ3n) is 2.71. The van der Waals surface area contributed by atoms with Crippen LogP contribution < -0.4 is 5.73 Å². The molecule has 3 heterocycles. The highest BCUT2D eigenvalue weighted by atomic mass is 15.2. The molecule has 0 fully saturated rings. The molecule has 0 unspecified atom stereocenters. The normalized spacial score (nSPS) is 10.9. The van der Waals surface area contributed by atoms with E-state index in [0.717, 1.165) is 28.3 Å². The van der Waals surface area contributed by atoms with Crippen molar-refractivity contribution in [1.82, 2.24) is 19.6 Å². The molecule has 0 amide bonds. The van der Waals surface area contributed by atoms with E-state index in [2.05, 4.69) is 15.2 Å². The molecule has 0 saturated carbocycles. The van der Waals surface area contributed by atoms with E-state index in [1.807, 2.05) is 35.7 Å². The van der Waals surface area contributed by atoms with Crippen LogP contribution >= 0.6 is 0 Å². The van der Waals surface area contributed by atoms with Crippen molar-refractivity contribution in [1.29, 1.82) is 0 Å². The van der Waals surface area contributed by atoms with Crippen molar-refractivity contribution in [3.05, 3.63) is 42.4 Å². The molecular weight excluding hydrogens is 214 g/mol. The number of hydrogen-bond acceptors (Lipinski definition) is 4. The molecule has 84 valence electrons. The highest BCUT2D eigenvalue weighted by Crippen LogP contribution is 2.20. The lowest BCUT2D eigenvalue weighted by molar-refractivity contribution is 1.11. The Balaban J connectivity index is 2.29. The number of nitrogen functional groups attached to an aromatic ring is 1. The molecule has 3 aromatic heterocycles. The number of rotatable bonds is 1. The van der Waals surface area contributed by atoms with E-state index in [-0.39, 0.29) is 0 Å². The van der Waals surface area contributed by atoms with Gasteiger partial charge in [0.05, 0.1) is 5.69 Å². The Morgan fingerprint density at radius 1 is 1.29 bits per heavy atom. The van der Waals surface area contributed by atoms with Crippen molar-refractivity contribution >= 4 is 11.3 Å². The minimum atomic E-state index is 0.724. The third kappa shape index (κ3) is 1.52. The largest absolute Gasteiger partial charge is 0.397 e. The number of aryl methyl sites for hydroxylation is 1. The average molecular weight is 225 g/mol. The van der Waals surface area contributed by atoms with Crippen LogP contribution in [-0.2, 0) is 0 Å². The van der Waals surface area contributed by atoms with E-state index in [9.17, 15) is 0 Å². The first-order valence-corrected chi connectivity index (χ1v) is 5.27. The molecule has 0 aromatic carbocycles. The van der Waals surface area contributed by atoms with Gasteiger partial charge in [-0.25, -0.2) is 0 Å². The van der Waals surface area contributed by atoms with Gasteiger partial charge >= 0.3 is 0 Å². The molecule has 0 bridgehead atoms. The molecule has 17 heavy (non-hydrogen) atoms. The maximum Gasteiger partial charge on any atom is 0.169 e. The zero-order valence-electron chi connectivity index (χ0n) is 9.33. The van der Waals surface area contributed by atoms with Gasteiger partial charge in [0.1, 0.15) is 0 Å². The lowest BCUT2D eigenvalue weighted by Crippen LogP contribution is -1.96. The van der Waals surface area contributed by atoms with Crippen LogP contribution in [0.2, 0.25) is 0 Å². The predicted octanol–water partition coefficient (Wildman–Crippen LogP) is 1.68. The summed E-state index contributed by atoms with van der Waals surface area (Å²) in [4.78, 5) is 4.08. The van der Waals surface area contributed by atoms with Gasteiger partial charge in [-0.2, -0.15) is 0 Å². The average Bonchev–Trinajstić information content (AvgIpc) is 2.74. The highest BCUT2D eigenvalue weighted by molar-refractivity contribution is 5.62. The Hall–Kier alpha value is -2.43. The molecular formula is C12H11N5. The first kappa shape index (κ1) is 9.77. The Labute approximate surface area is 97.9 Å². The molecule has 0 spiro atoms. The predicted molar refractivity (Wildman–Crippen MR) is 65.4 cm³/mol. The zero-order valence-corrected chi connectivity index (χ0v) is 9.33. The van der Waals surface area contributed by atoms with Gasteiger partial charge in [0.2, 0.25) is 0 Å². The number of pyridine rings is 2. The number of aromatic nitrogens is 4. The number of anilines is 1. The SMILES string of the molecule is Cc1cc2nnc(-c3cccnc3)n2cc1N. The van der Waals surface area contributed by atoms with Crippen molar-refractivity contribution in [2.45, 2.75) is 6.92 Å². The van der Waals surface area contributed by atoms with E-state index in [4.69, 9.17) is 5.73 Å². The van der Waals surface area contributed by atoms with Gasteiger partial charge in [0.25, 0.3) is 0 Å². The van der Waals surface area contributed by atoms with Gasteiger partial charge < -0.3 is 5.73 Å². The summed E-state index contributed by atoms with van der Waals surface area (Å²) < 4.78 is 1.87. The topological polar surface area (TPSA) is 69.1 Å². The Bertz CT molecular complexity index is 672. The third-order valence-corrected chi connectivity index (χ3v) is 2.71. The van der Waals surface area contributed by atoms with Crippen LogP contribution in [0.25, 0.3) is 17.0 Å². The summed E-state index contributed by atoms with van der Waals surface area (Å²) in [5, 5.41) is 8.29. The standard InChI is InChI=1S/C12H11N5/c1-8-5-11-15-16-12(17(11)7-10(8)13)9-3-2-4-14-6-9/h2-7H,13H2,1H3. The van der Waals surface area contributed by atoms with Crippen LogP contribution in [0, 0.1) is 6.92 Å². The van der Waals surface area contributed by atoms with Gasteiger partial charge in [-0.15, -0.1) is 10.2 Å². The molecule has 0 atom stereocenters. The first-order chi connectivity index (χ1) is 8.25. The lowest BCUT2D eigenvalue weighted by atomic mass is 10.2. The van der Waals surface area contributed by atoms with Crippen LogP contribution in [0.15, 0.2) is 36.8 Å². The fraction of sp³-hybridized carbons (Fsp3) is 0.0833. The second-order valence-electron chi connectivity index (χ2n) is 3.91. The monoisotopic (exact) mass is 225 g/mol. The number of fused-ring (bicyclic) bond motifs is 1. The Morgan fingerprint density at radius 3 is 2.94 bits per heavy atom. The van der Waals surface area contributed by atoms with Gasteiger partial charge in [-0.1, -0.05) is 0 Å². The summed E-state index contributed by atoms with van der Waals surface area (Å²) in [6.07, 6.45) is 5.32. The Morgan fingerprint density at radius 2 is 2.18 bits per heavy atom. The maximum atomic E-state index is 5.90. The van der Waals surface area contributed by atoms with Crippen LogP contribution in [0.1, 0.15) is 5.56 Å². The van der Waals surface area contributed by atoms with Gasteiger partial charge in [0, 0.05) is 24.2 Å². The summed E-state index contributed by atoms with van der Waals surface area (Å²) in [5.74, 6) is 0.750. The fourth-order valence-corrected chi connectivity index (χ4v) is 1.74. The van der Waals surface area contributed by atoms with Crippen LogP contribution in [0.3, 0.4) is 0 Å². The second-order valence-corrected chi connectivity index (χ2v) is 3.91. The van der Waals surface area contributed by atoms with E-state index in [1.165, 1.54) is 0 Å². The van der Waals surface area contributed by atoms with Crippen LogP contribution in [0.4, 0.5) is 5.69 Å². The molecule has 2 N–H and O–H groups in total. The molecule has 5 heteroatoms. The molecule has 0 radical (unpaired) electrons. The Kier molecular flexibility index (Phi) is 2.04. The lowest BCUT2D eigenvalue weighted by Gasteiger charge is -2.03. The van der Waals surface area contributed by atoms with E-state index < -0.39 is 0 Å². The van der Waals surface area contributed by atoms with E-state index >= 15 is 0 Å². The molecule has 5 nitrogen and oxygen atoms in total. The van der Waals surface area contributed by atoms with E-state index in [0.29, 0.717) is 0 Å². The fourth-order valence-electron chi connectivity index (χ4n) is 1.74. The van der Waals surface area contributed by atoms with Gasteiger partial charge in [-0.3, -0.25) is 9.38 Å². The summed E-state index contributed by atoms with van der Waals surface area (Å²) in [6.45, 7) is 1.95. The summed E-state index contributed by atoms with van der Waals surface area (Å²) >= 11 is 0. The molecule has 0 aliphatic heterocycles. The first-order valence-electron chi connectivity index (χ1n) is 5.27. The summed E-state index contributed by atoms with van der Waals surface area (Å²) in [5.41, 5.74) is 9.33. The van der Waals surface area contributed by atoms with Crippen molar-refractivity contribution in [2.24, 2.45) is 0 Å². The van der Waals surface area contributed by atoms with Gasteiger partial charge in [-0.05, 0) is 30.7 Å². The van der Waals surface area contributed by atoms with E-state index in [1.54, 1.807) is 12.4 Å². The van der Waals surface area contributed by atoms with Crippen LogP contribution in [0.5, 0.6) is 0 Å². The smallest absolute Gasteiger partial charge is 0.169 e. The number of hydrogen-bond donors (Lipinski definition) is 1. The molecule has 0 saturated heterocycles. The molecule has 3 rings (SSSR count). The van der Waals surface area contributed by atoms with Crippen molar-refractivity contribution in [2.75, 3.05) is 5.73 Å². The summed E-state index contributed by atoms with van der Waals surface area (Å²) in [7, 11) is 0. The minimum Gasteiger partial charge on any atom is -0.397 e. The van der Waals surface area contributed by atoms with Crippen molar-refractivity contribution in [3.63, 3.8) is 0 Å². The zero-order chi connectivity index (χ0) is 11.8.